The van der Waals surface area contributed by atoms with Crippen LogP contribution in [0.1, 0.15) is 53.2 Å². The van der Waals surface area contributed by atoms with Crippen LogP contribution in [0, 0.1) is 5.92 Å². The number of fused-ring (bicyclic) bond motifs is 1. The lowest BCUT2D eigenvalue weighted by Gasteiger charge is -2.15. The van der Waals surface area contributed by atoms with Crippen LogP contribution in [0.2, 0.25) is 0 Å². The second-order valence-electron chi connectivity index (χ2n) is 5.76. The van der Waals surface area contributed by atoms with E-state index in [4.69, 9.17) is 5.11 Å². The topological polar surface area (TPSA) is 66.4 Å². The molecule has 2 N–H and O–H groups in total. The van der Waals surface area contributed by atoms with E-state index < -0.39 is 12.0 Å². The Morgan fingerprint density at radius 3 is 2.65 bits per heavy atom. The van der Waals surface area contributed by atoms with Gasteiger partial charge in [-0.2, -0.15) is 0 Å². The first-order valence-corrected chi connectivity index (χ1v) is 7.94. The van der Waals surface area contributed by atoms with Crippen molar-refractivity contribution in [3.63, 3.8) is 0 Å². The number of aryl methyl sites for hydroxylation is 2. The summed E-state index contributed by atoms with van der Waals surface area (Å²) in [6.45, 7) is 3.90. The molecule has 0 spiro atoms. The summed E-state index contributed by atoms with van der Waals surface area (Å²) in [6.07, 6.45) is 4.89. The molecule has 0 saturated heterocycles. The quantitative estimate of drug-likeness (QED) is 0.878. The fourth-order valence-corrected chi connectivity index (χ4v) is 3.68. The van der Waals surface area contributed by atoms with Gasteiger partial charge in [-0.15, -0.1) is 11.3 Å². The van der Waals surface area contributed by atoms with Gasteiger partial charge >= 0.3 is 5.97 Å². The van der Waals surface area contributed by atoms with E-state index in [1.54, 1.807) is 0 Å². The minimum absolute atomic E-state index is 0.230. The number of aliphatic carboxylic acids is 1. The van der Waals surface area contributed by atoms with Gasteiger partial charge in [0, 0.05) is 4.88 Å². The van der Waals surface area contributed by atoms with Crippen LogP contribution in [-0.2, 0) is 17.6 Å². The summed E-state index contributed by atoms with van der Waals surface area (Å²) in [7, 11) is 0. The smallest absolute Gasteiger partial charge is 0.326 e. The maximum absolute atomic E-state index is 12.2. The largest absolute Gasteiger partial charge is 0.480 e. The normalized spacial score (nSPS) is 15.8. The summed E-state index contributed by atoms with van der Waals surface area (Å²) in [5, 5.41) is 11.8. The number of carbonyl (C=O) groups excluding carboxylic acids is 1. The maximum atomic E-state index is 12.2. The molecule has 1 atom stereocenters. The monoisotopic (exact) mass is 295 g/mol. The van der Waals surface area contributed by atoms with Crippen LogP contribution in [0.25, 0.3) is 0 Å². The minimum Gasteiger partial charge on any atom is -0.480 e. The van der Waals surface area contributed by atoms with Crippen molar-refractivity contribution in [3.8, 4) is 0 Å². The summed E-state index contributed by atoms with van der Waals surface area (Å²) in [6, 6.07) is 1.13. The van der Waals surface area contributed by atoms with Crippen LogP contribution in [0.5, 0.6) is 0 Å². The molecule has 1 aliphatic rings. The number of hydrogen-bond donors (Lipinski definition) is 2. The molecule has 110 valence electrons. The average Bonchev–Trinajstić information content (AvgIpc) is 2.81. The van der Waals surface area contributed by atoms with Gasteiger partial charge in [-0.1, -0.05) is 13.8 Å². The lowest BCUT2D eigenvalue weighted by Crippen LogP contribution is -2.41. The second kappa shape index (κ2) is 6.39. The molecule has 20 heavy (non-hydrogen) atoms. The van der Waals surface area contributed by atoms with Crippen molar-refractivity contribution < 1.29 is 14.7 Å². The molecule has 1 aromatic heterocycles. The Hall–Kier alpha value is -1.36. The van der Waals surface area contributed by atoms with E-state index in [-0.39, 0.29) is 11.8 Å². The first kappa shape index (κ1) is 15.0. The molecule has 0 radical (unpaired) electrons. The Morgan fingerprint density at radius 2 is 2.05 bits per heavy atom. The highest BCUT2D eigenvalue weighted by Gasteiger charge is 2.24. The van der Waals surface area contributed by atoms with Crippen molar-refractivity contribution in [2.75, 3.05) is 0 Å². The second-order valence-corrected chi connectivity index (χ2v) is 6.90. The molecule has 0 unspecified atom stereocenters. The summed E-state index contributed by atoms with van der Waals surface area (Å²) in [5.41, 5.74) is 1.27. The third-order valence-electron chi connectivity index (χ3n) is 3.53. The molecule has 1 heterocycles. The van der Waals surface area contributed by atoms with Crippen molar-refractivity contribution >= 4 is 23.2 Å². The molecule has 0 aliphatic heterocycles. The van der Waals surface area contributed by atoms with Crippen molar-refractivity contribution in [1.82, 2.24) is 5.32 Å². The Balaban J connectivity index is 2.06. The third kappa shape index (κ3) is 3.60. The highest BCUT2D eigenvalue weighted by atomic mass is 32.1. The molecule has 5 heteroatoms. The van der Waals surface area contributed by atoms with Crippen LogP contribution < -0.4 is 5.32 Å². The fraction of sp³-hybridized carbons (Fsp3) is 0.600. The number of rotatable bonds is 5. The van der Waals surface area contributed by atoms with E-state index in [2.05, 4.69) is 5.32 Å². The average molecular weight is 295 g/mol. The van der Waals surface area contributed by atoms with Crippen LogP contribution in [0.3, 0.4) is 0 Å². The first-order valence-electron chi connectivity index (χ1n) is 7.12. The molecule has 2 rings (SSSR count). The maximum Gasteiger partial charge on any atom is 0.326 e. The summed E-state index contributed by atoms with van der Waals surface area (Å²) >= 11 is 1.51. The van der Waals surface area contributed by atoms with Gasteiger partial charge in [-0.25, -0.2) is 4.79 Å². The molecule has 4 nitrogen and oxygen atoms in total. The summed E-state index contributed by atoms with van der Waals surface area (Å²) in [5.74, 6) is -0.987. The molecule has 0 bridgehead atoms. The lowest BCUT2D eigenvalue weighted by atomic mass is 9.99. The Bertz CT molecular complexity index is 484. The highest BCUT2D eigenvalue weighted by molar-refractivity contribution is 7.14. The van der Waals surface area contributed by atoms with Gasteiger partial charge in [0.2, 0.25) is 0 Å². The van der Waals surface area contributed by atoms with Crippen LogP contribution >= 0.6 is 11.3 Å². The molecule has 0 aromatic carbocycles. The predicted molar refractivity (Wildman–Crippen MR) is 79.3 cm³/mol. The van der Waals surface area contributed by atoms with Crippen molar-refractivity contribution in [3.05, 3.63) is 21.4 Å². The van der Waals surface area contributed by atoms with E-state index in [1.165, 1.54) is 34.6 Å². The highest BCUT2D eigenvalue weighted by Crippen LogP contribution is 2.29. The number of amides is 1. The Kier molecular flexibility index (Phi) is 4.81. The number of carboxylic acids is 1. The number of carboxylic acid groups (broad SMARTS) is 1. The van der Waals surface area contributed by atoms with Gasteiger partial charge in [0.1, 0.15) is 6.04 Å². The number of carbonyl (C=O) groups is 2. The SMILES string of the molecule is CC(C)C[C@@H](NC(=O)c1cc2c(s1)CCCC2)C(=O)O. The fourth-order valence-electron chi connectivity index (χ4n) is 2.52. The van der Waals surface area contributed by atoms with E-state index in [1.807, 2.05) is 19.9 Å². The van der Waals surface area contributed by atoms with Crippen LogP contribution in [0.15, 0.2) is 6.07 Å². The van der Waals surface area contributed by atoms with E-state index in [0.29, 0.717) is 11.3 Å². The zero-order chi connectivity index (χ0) is 14.7. The Morgan fingerprint density at radius 1 is 1.35 bits per heavy atom. The van der Waals surface area contributed by atoms with Crippen LogP contribution in [0.4, 0.5) is 0 Å². The van der Waals surface area contributed by atoms with E-state index in [9.17, 15) is 9.59 Å². The zero-order valence-corrected chi connectivity index (χ0v) is 12.8. The third-order valence-corrected chi connectivity index (χ3v) is 4.77. The molecular weight excluding hydrogens is 274 g/mol. The molecule has 0 saturated carbocycles. The Labute approximate surface area is 123 Å². The number of hydrogen-bond acceptors (Lipinski definition) is 3. The standard InChI is InChI=1S/C15H21NO3S/c1-9(2)7-11(15(18)19)16-14(17)13-8-10-5-3-4-6-12(10)20-13/h8-9,11H,3-7H2,1-2H3,(H,16,17)(H,18,19)/t11-/m1/s1. The van der Waals surface area contributed by atoms with Gasteiger partial charge in [0.05, 0.1) is 4.88 Å². The van der Waals surface area contributed by atoms with Gasteiger partial charge in [-0.05, 0) is 49.7 Å². The molecule has 0 fully saturated rings. The van der Waals surface area contributed by atoms with Gasteiger partial charge in [0.25, 0.3) is 5.91 Å². The number of nitrogens with one attached hydrogen (secondary N) is 1. The number of thiophene rings is 1. The van der Waals surface area contributed by atoms with E-state index in [0.717, 1.165) is 12.8 Å². The molecule has 1 aliphatic carbocycles. The van der Waals surface area contributed by atoms with Gasteiger partial charge < -0.3 is 10.4 Å². The molecule has 1 amide bonds. The van der Waals surface area contributed by atoms with Gasteiger partial charge in [-0.3, -0.25) is 4.79 Å². The molecular formula is C15H21NO3S. The van der Waals surface area contributed by atoms with Gasteiger partial charge in [0.15, 0.2) is 0 Å². The first-order chi connectivity index (χ1) is 9.47. The summed E-state index contributed by atoms with van der Waals surface area (Å²) in [4.78, 5) is 25.3. The van der Waals surface area contributed by atoms with Crippen LogP contribution in [-0.4, -0.2) is 23.0 Å². The molecule has 1 aromatic rings. The summed E-state index contributed by atoms with van der Waals surface area (Å²) < 4.78 is 0. The minimum atomic E-state index is -0.964. The predicted octanol–water partition coefficient (Wildman–Crippen LogP) is 2.86. The van der Waals surface area contributed by atoms with Crippen molar-refractivity contribution in [1.29, 1.82) is 0 Å². The van der Waals surface area contributed by atoms with E-state index >= 15 is 0 Å². The zero-order valence-electron chi connectivity index (χ0n) is 11.9. The lowest BCUT2D eigenvalue weighted by molar-refractivity contribution is -0.139. The van der Waals surface area contributed by atoms with Crippen molar-refractivity contribution in [2.24, 2.45) is 5.92 Å². The van der Waals surface area contributed by atoms with Crippen molar-refractivity contribution in [2.45, 2.75) is 52.0 Å².